The van der Waals surface area contributed by atoms with Crippen LogP contribution in [-0.4, -0.2) is 22.4 Å². The van der Waals surface area contributed by atoms with Crippen molar-refractivity contribution in [2.45, 2.75) is 6.92 Å². The average Bonchev–Trinajstić information content (AvgIpc) is 2.90. The van der Waals surface area contributed by atoms with Crippen LogP contribution in [0, 0.1) is 17.0 Å². The smallest absolute Gasteiger partial charge is 0.269 e. The Hall–Kier alpha value is -2.48. The number of non-ortho nitro benzene ring substituents is 1. The summed E-state index contributed by atoms with van der Waals surface area (Å²) in [5.41, 5.74) is 0.586. The van der Waals surface area contributed by atoms with E-state index in [1.54, 1.807) is 18.5 Å². The highest BCUT2D eigenvalue weighted by Gasteiger charge is 2.10. The van der Waals surface area contributed by atoms with Gasteiger partial charge in [0.05, 0.1) is 4.92 Å². The number of nitrogens with one attached hydrogen (secondary N) is 1. The van der Waals surface area contributed by atoms with Gasteiger partial charge in [0.2, 0.25) is 0 Å². The van der Waals surface area contributed by atoms with E-state index in [-0.39, 0.29) is 18.2 Å². The van der Waals surface area contributed by atoms with Crippen molar-refractivity contribution >= 4 is 28.1 Å². The Morgan fingerprint density at radius 2 is 2.35 bits per heavy atom. The lowest BCUT2D eigenvalue weighted by atomic mass is 10.2. The molecule has 0 aliphatic heterocycles. The van der Waals surface area contributed by atoms with Gasteiger partial charge in [-0.2, -0.15) is 0 Å². The third-order valence-corrected chi connectivity index (χ3v) is 3.10. The zero-order chi connectivity index (χ0) is 14.5. The number of benzene rings is 1. The van der Waals surface area contributed by atoms with E-state index in [9.17, 15) is 14.9 Å². The van der Waals surface area contributed by atoms with Crippen molar-refractivity contribution in [3.05, 3.63) is 45.5 Å². The van der Waals surface area contributed by atoms with Gasteiger partial charge in [0.25, 0.3) is 11.6 Å². The molecule has 0 saturated carbocycles. The third kappa shape index (κ3) is 3.51. The van der Waals surface area contributed by atoms with Crippen molar-refractivity contribution in [1.82, 2.24) is 4.98 Å². The molecule has 1 aromatic carbocycles. The predicted octanol–water partition coefficient (Wildman–Crippen LogP) is 2.38. The molecule has 0 saturated heterocycles. The van der Waals surface area contributed by atoms with Crippen LogP contribution in [-0.2, 0) is 4.79 Å². The van der Waals surface area contributed by atoms with Gasteiger partial charge in [-0.1, -0.05) is 0 Å². The van der Waals surface area contributed by atoms with E-state index in [1.165, 1.54) is 29.5 Å². The van der Waals surface area contributed by atoms with Crippen LogP contribution in [0.25, 0.3) is 0 Å². The Labute approximate surface area is 118 Å². The van der Waals surface area contributed by atoms with Crippen molar-refractivity contribution in [3.8, 4) is 5.75 Å². The standard InChI is InChI=1S/C12H11N3O4S/c1-8-6-9(15(17)18)2-3-10(8)19-7-11(16)14-12-13-4-5-20-12/h2-6H,7H2,1H3,(H,13,14,16). The Bertz CT molecular complexity index is 628. The van der Waals surface area contributed by atoms with Crippen LogP contribution in [0.2, 0.25) is 0 Å². The van der Waals surface area contributed by atoms with Crippen LogP contribution in [0.4, 0.5) is 10.8 Å². The van der Waals surface area contributed by atoms with E-state index in [0.29, 0.717) is 16.4 Å². The number of aromatic nitrogens is 1. The summed E-state index contributed by atoms with van der Waals surface area (Å²) in [5, 5.41) is 15.4. The molecule has 1 heterocycles. The molecule has 0 aliphatic rings. The molecule has 0 radical (unpaired) electrons. The van der Waals surface area contributed by atoms with E-state index >= 15 is 0 Å². The fourth-order valence-electron chi connectivity index (χ4n) is 1.49. The normalized spacial score (nSPS) is 10.1. The van der Waals surface area contributed by atoms with Crippen molar-refractivity contribution < 1.29 is 14.5 Å². The number of aryl methyl sites for hydroxylation is 1. The number of hydrogen-bond acceptors (Lipinski definition) is 6. The number of rotatable bonds is 5. The van der Waals surface area contributed by atoms with Gasteiger partial charge < -0.3 is 4.74 Å². The predicted molar refractivity (Wildman–Crippen MR) is 74.1 cm³/mol. The van der Waals surface area contributed by atoms with E-state index < -0.39 is 4.92 Å². The summed E-state index contributed by atoms with van der Waals surface area (Å²) >= 11 is 1.31. The number of thiazole rings is 1. The molecule has 20 heavy (non-hydrogen) atoms. The van der Waals surface area contributed by atoms with E-state index in [1.807, 2.05) is 0 Å². The lowest BCUT2D eigenvalue weighted by molar-refractivity contribution is -0.384. The number of hydrogen-bond donors (Lipinski definition) is 1. The number of carbonyl (C=O) groups is 1. The molecule has 1 amide bonds. The molecule has 0 atom stereocenters. The topological polar surface area (TPSA) is 94.4 Å². The second-order valence-corrected chi connectivity index (χ2v) is 4.78. The van der Waals surface area contributed by atoms with Gasteiger partial charge in [-0.05, 0) is 18.6 Å². The van der Waals surface area contributed by atoms with Crippen LogP contribution < -0.4 is 10.1 Å². The van der Waals surface area contributed by atoms with Crippen molar-refractivity contribution in [3.63, 3.8) is 0 Å². The summed E-state index contributed by atoms with van der Waals surface area (Å²) in [6.07, 6.45) is 1.58. The largest absolute Gasteiger partial charge is 0.483 e. The molecule has 1 aromatic heterocycles. The van der Waals surface area contributed by atoms with Gasteiger partial charge in [0, 0.05) is 23.7 Å². The Morgan fingerprint density at radius 1 is 1.55 bits per heavy atom. The highest BCUT2D eigenvalue weighted by Crippen LogP contribution is 2.23. The number of nitro benzene ring substituents is 1. The maximum atomic E-state index is 11.6. The molecule has 0 spiro atoms. The second-order valence-electron chi connectivity index (χ2n) is 3.88. The summed E-state index contributed by atoms with van der Waals surface area (Å²) < 4.78 is 5.32. The molecular weight excluding hydrogens is 282 g/mol. The lowest BCUT2D eigenvalue weighted by Gasteiger charge is -2.08. The third-order valence-electron chi connectivity index (χ3n) is 2.41. The molecule has 2 rings (SSSR count). The average molecular weight is 293 g/mol. The monoisotopic (exact) mass is 293 g/mol. The summed E-state index contributed by atoms with van der Waals surface area (Å²) in [5.74, 6) is 0.0996. The second kappa shape index (κ2) is 6.11. The van der Waals surface area contributed by atoms with Gasteiger partial charge >= 0.3 is 0 Å². The first-order chi connectivity index (χ1) is 9.56. The van der Waals surface area contributed by atoms with Gasteiger partial charge in [-0.25, -0.2) is 4.98 Å². The highest BCUT2D eigenvalue weighted by atomic mass is 32.1. The van der Waals surface area contributed by atoms with Gasteiger partial charge in [-0.3, -0.25) is 20.2 Å². The first-order valence-corrected chi connectivity index (χ1v) is 6.51. The van der Waals surface area contributed by atoms with Crippen molar-refractivity contribution in [2.75, 3.05) is 11.9 Å². The number of anilines is 1. The zero-order valence-corrected chi connectivity index (χ0v) is 11.3. The molecule has 104 valence electrons. The minimum atomic E-state index is -0.480. The SMILES string of the molecule is Cc1cc([N+](=O)[O-])ccc1OCC(=O)Nc1nccs1. The molecule has 1 N–H and O–H groups in total. The van der Waals surface area contributed by atoms with E-state index in [2.05, 4.69) is 10.3 Å². The van der Waals surface area contributed by atoms with Crippen LogP contribution in [0.5, 0.6) is 5.75 Å². The van der Waals surface area contributed by atoms with Gasteiger partial charge in [0.1, 0.15) is 5.75 Å². The number of ether oxygens (including phenoxy) is 1. The summed E-state index contributed by atoms with van der Waals surface area (Å²) in [7, 11) is 0. The highest BCUT2D eigenvalue weighted by molar-refractivity contribution is 7.13. The number of carbonyl (C=O) groups excluding carboxylic acids is 1. The molecule has 0 fully saturated rings. The first-order valence-electron chi connectivity index (χ1n) is 5.63. The van der Waals surface area contributed by atoms with E-state index in [4.69, 9.17) is 4.74 Å². The minimum absolute atomic E-state index is 0.0120. The number of nitro groups is 1. The summed E-state index contributed by atoms with van der Waals surface area (Å²) in [4.78, 5) is 25.6. The van der Waals surface area contributed by atoms with Gasteiger partial charge in [-0.15, -0.1) is 11.3 Å². The lowest BCUT2D eigenvalue weighted by Crippen LogP contribution is -2.20. The molecule has 8 heteroatoms. The Kier molecular flexibility index (Phi) is 4.26. The maximum Gasteiger partial charge on any atom is 0.269 e. The summed E-state index contributed by atoms with van der Waals surface area (Å²) in [6.45, 7) is 1.50. The number of amides is 1. The maximum absolute atomic E-state index is 11.6. The molecule has 2 aromatic rings. The van der Waals surface area contributed by atoms with E-state index in [0.717, 1.165) is 0 Å². The Morgan fingerprint density at radius 3 is 2.95 bits per heavy atom. The fourth-order valence-corrected chi connectivity index (χ4v) is 2.04. The number of nitrogens with zero attached hydrogens (tertiary/aromatic N) is 2. The van der Waals surface area contributed by atoms with Crippen LogP contribution in [0.3, 0.4) is 0 Å². The molecule has 7 nitrogen and oxygen atoms in total. The van der Waals surface area contributed by atoms with Crippen molar-refractivity contribution in [2.24, 2.45) is 0 Å². The summed E-state index contributed by atoms with van der Waals surface area (Å²) in [6, 6.07) is 4.21. The van der Waals surface area contributed by atoms with Crippen molar-refractivity contribution in [1.29, 1.82) is 0 Å². The Balaban J connectivity index is 1.93. The van der Waals surface area contributed by atoms with Crippen LogP contribution in [0.15, 0.2) is 29.8 Å². The molecule has 0 unspecified atom stereocenters. The fraction of sp³-hybridized carbons (Fsp3) is 0.167. The minimum Gasteiger partial charge on any atom is -0.483 e. The first kappa shape index (κ1) is 13.9. The van der Waals surface area contributed by atoms with Crippen LogP contribution in [0.1, 0.15) is 5.56 Å². The zero-order valence-electron chi connectivity index (χ0n) is 10.5. The molecule has 0 bridgehead atoms. The molecule has 0 aliphatic carbocycles. The quantitative estimate of drug-likeness (QED) is 0.674. The van der Waals surface area contributed by atoms with Crippen LogP contribution >= 0.6 is 11.3 Å². The van der Waals surface area contributed by atoms with Gasteiger partial charge in [0.15, 0.2) is 11.7 Å². The molecular formula is C12H11N3O4S.